The Bertz CT molecular complexity index is 1230. The van der Waals surface area contributed by atoms with Gasteiger partial charge in [-0.2, -0.15) is 5.26 Å². The smallest absolute Gasteiger partial charge is 0.237 e. The molecular weight excluding hydrogens is 447 g/mol. The van der Waals surface area contributed by atoms with E-state index in [9.17, 15) is 28.0 Å². The molecule has 0 radical (unpaired) electrons. The molecule has 1 unspecified atom stereocenters. The number of fused-ring (bicyclic) bond motifs is 1. The van der Waals surface area contributed by atoms with Crippen molar-refractivity contribution in [3.05, 3.63) is 64.5 Å². The Labute approximate surface area is 192 Å². The predicted octanol–water partition coefficient (Wildman–Crippen LogP) is 1.63. The molecule has 1 amide bonds. The second kappa shape index (κ2) is 9.09. The van der Waals surface area contributed by atoms with Gasteiger partial charge in [-0.15, -0.1) is 0 Å². The summed E-state index contributed by atoms with van der Waals surface area (Å²) < 4.78 is 40.9. The van der Waals surface area contributed by atoms with Crippen molar-refractivity contribution < 1.29 is 22.7 Å². The zero-order valence-corrected chi connectivity index (χ0v) is 18.9. The highest BCUT2D eigenvalue weighted by atomic mass is 32.2. The molecule has 2 aliphatic heterocycles. The van der Waals surface area contributed by atoms with E-state index in [0.29, 0.717) is 48.4 Å². The first kappa shape index (κ1) is 23.2. The quantitative estimate of drug-likeness (QED) is 0.587. The molecule has 10 heteroatoms. The molecule has 0 bridgehead atoms. The van der Waals surface area contributed by atoms with Crippen LogP contribution in [0.5, 0.6) is 0 Å². The summed E-state index contributed by atoms with van der Waals surface area (Å²) in [6, 6.07) is 11.0. The Morgan fingerprint density at radius 2 is 2.12 bits per heavy atom. The van der Waals surface area contributed by atoms with Crippen LogP contribution in [0.1, 0.15) is 40.5 Å². The summed E-state index contributed by atoms with van der Waals surface area (Å²) >= 11 is 0. The molecule has 2 aromatic rings. The van der Waals surface area contributed by atoms with Crippen LogP contribution >= 0.6 is 0 Å². The van der Waals surface area contributed by atoms with E-state index in [4.69, 9.17) is 0 Å². The second-order valence-electron chi connectivity index (χ2n) is 8.56. The summed E-state index contributed by atoms with van der Waals surface area (Å²) in [4.78, 5) is 15.2. The van der Waals surface area contributed by atoms with Crippen LogP contribution in [-0.4, -0.2) is 57.1 Å². The Kier molecular flexibility index (Phi) is 6.38. The summed E-state index contributed by atoms with van der Waals surface area (Å²) in [5.41, 5.74) is 2.25. The molecule has 4 rings (SSSR count). The van der Waals surface area contributed by atoms with Crippen LogP contribution in [0.15, 0.2) is 36.4 Å². The molecule has 3 atom stereocenters. The zero-order valence-electron chi connectivity index (χ0n) is 18.1. The van der Waals surface area contributed by atoms with Crippen LogP contribution in [-0.2, 0) is 20.6 Å². The molecule has 1 fully saturated rings. The van der Waals surface area contributed by atoms with Crippen molar-refractivity contribution in [2.75, 3.05) is 31.4 Å². The standard InChI is InChI=1S/C23H25FN4O4S/c1-26-23(30)22(15-2-3-16-13-33(31,32)27-21(16)9-15)20(12-28-5-4-19(29)11-28)17-6-14(10-25)7-18(24)8-17/h2-3,6-9,19-20,22,27,29H,4-5,11-13H2,1H3,(H,26,30)/t19-,20+,22?/m0/s1. The fraction of sp³-hybridized carbons (Fsp3) is 0.391. The first-order valence-electron chi connectivity index (χ1n) is 10.6. The van der Waals surface area contributed by atoms with E-state index in [0.717, 1.165) is 6.07 Å². The molecular formula is C23H25FN4O4S. The van der Waals surface area contributed by atoms with E-state index < -0.39 is 33.8 Å². The number of benzene rings is 2. The van der Waals surface area contributed by atoms with Gasteiger partial charge in [0.05, 0.1) is 35.1 Å². The number of aliphatic hydroxyl groups excluding tert-OH is 1. The van der Waals surface area contributed by atoms with Gasteiger partial charge in [-0.05, 0) is 47.4 Å². The maximum Gasteiger partial charge on any atom is 0.237 e. The SMILES string of the molecule is CNC(=O)C(c1ccc2c(c1)NS(=O)(=O)C2)[C@H](CN1CC[C@H](O)C1)c1cc(F)cc(C#N)c1. The molecule has 0 aromatic heterocycles. The Morgan fingerprint density at radius 3 is 2.79 bits per heavy atom. The van der Waals surface area contributed by atoms with Crippen LogP contribution in [0, 0.1) is 17.1 Å². The summed E-state index contributed by atoms with van der Waals surface area (Å²) in [5.74, 6) is -2.35. The monoisotopic (exact) mass is 472 g/mol. The number of nitrogens with zero attached hydrogens (tertiary/aromatic N) is 2. The molecule has 3 N–H and O–H groups in total. The fourth-order valence-corrected chi connectivity index (χ4v) is 5.95. The largest absolute Gasteiger partial charge is 0.392 e. The van der Waals surface area contributed by atoms with Crippen molar-refractivity contribution in [3.8, 4) is 6.07 Å². The highest BCUT2D eigenvalue weighted by molar-refractivity contribution is 7.92. The number of nitriles is 1. The number of nitrogens with one attached hydrogen (secondary N) is 2. The third-order valence-corrected chi connectivity index (χ3v) is 7.44. The van der Waals surface area contributed by atoms with Crippen molar-refractivity contribution in [2.24, 2.45) is 0 Å². The number of likely N-dealkylation sites (N-methyl/N-ethyl adjacent to an activating group) is 1. The Hall–Kier alpha value is -3.00. The van der Waals surface area contributed by atoms with Crippen molar-refractivity contribution in [1.29, 1.82) is 5.26 Å². The molecule has 8 nitrogen and oxygen atoms in total. The van der Waals surface area contributed by atoms with E-state index in [1.807, 2.05) is 11.0 Å². The molecule has 33 heavy (non-hydrogen) atoms. The van der Waals surface area contributed by atoms with Crippen LogP contribution in [0.25, 0.3) is 0 Å². The summed E-state index contributed by atoms with van der Waals surface area (Å²) in [6.07, 6.45) is 0.130. The normalized spacial score (nSPS) is 21.0. The van der Waals surface area contributed by atoms with Crippen LogP contribution in [0.4, 0.5) is 10.1 Å². The number of halogens is 1. The average molecular weight is 473 g/mol. The molecule has 2 aromatic carbocycles. The van der Waals surface area contributed by atoms with Gasteiger partial charge in [-0.1, -0.05) is 12.1 Å². The summed E-state index contributed by atoms with van der Waals surface area (Å²) in [6.45, 7) is 1.41. The van der Waals surface area contributed by atoms with Crippen molar-refractivity contribution >= 4 is 21.6 Å². The minimum Gasteiger partial charge on any atom is -0.392 e. The highest BCUT2D eigenvalue weighted by Crippen LogP contribution is 2.39. The van der Waals surface area contributed by atoms with Crippen molar-refractivity contribution in [1.82, 2.24) is 10.2 Å². The Balaban J connectivity index is 1.80. The number of hydrogen-bond acceptors (Lipinski definition) is 6. The van der Waals surface area contributed by atoms with Gasteiger partial charge in [-0.25, -0.2) is 12.8 Å². The van der Waals surface area contributed by atoms with Gasteiger partial charge in [0.15, 0.2) is 0 Å². The third-order valence-electron chi connectivity index (χ3n) is 6.22. The number of rotatable bonds is 6. The molecule has 0 spiro atoms. The number of amides is 1. The number of β-amino-alcohol motifs (C(OH)–C–C–N with tert-alkyl or cyclic N) is 1. The average Bonchev–Trinajstić information content (AvgIpc) is 3.32. The van der Waals surface area contributed by atoms with Gasteiger partial charge in [0, 0.05) is 32.6 Å². The lowest BCUT2D eigenvalue weighted by Gasteiger charge is -2.31. The number of carbonyl (C=O) groups is 1. The molecule has 1 saturated heterocycles. The topological polar surface area (TPSA) is 123 Å². The zero-order chi connectivity index (χ0) is 23.8. The summed E-state index contributed by atoms with van der Waals surface area (Å²) in [5, 5.41) is 22.0. The Morgan fingerprint density at radius 1 is 1.33 bits per heavy atom. The number of likely N-dealkylation sites (tertiary alicyclic amines) is 1. The van der Waals surface area contributed by atoms with Gasteiger partial charge in [0.25, 0.3) is 0 Å². The van der Waals surface area contributed by atoms with E-state index in [1.165, 1.54) is 13.1 Å². The minimum absolute atomic E-state index is 0.127. The molecule has 174 valence electrons. The fourth-order valence-electron chi connectivity index (χ4n) is 4.69. The minimum atomic E-state index is -3.46. The van der Waals surface area contributed by atoms with E-state index >= 15 is 0 Å². The predicted molar refractivity (Wildman–Crippen MR) is 120 cm³/mol. The molecule has 2 aliphatic rings. The maximum absolute atomic E-state index is 14.4. The van der Waals surface area contributed by atoms with Gasteiger partial charge in [0.1, 0.15) is 5.82 Å². The second-order valence-corrected chi connectivity index (χ2v) is 10.3. The highest BCUT2D eigenvalue weighted by Gasteiger charge is 2.35. The molecule has 2 heterocycles. The number of carbonyl (C=O) groups excluding carboxylic acids is 1. The maximum atomic E-state index is 14.4. The van der Waals surface area contributed by atoms with Crippen LogP contribution < -0.4 is 10.0 Å². The molecule has 0 saturated carbocycles. The van der Waals surface area contributed by atoms with Gasteiger partial charge >= 0.3 is 0 Å². The number of sulfonamides is 1. The first-order valence-corrected chi connectivity index (χ1v) is 12.3. The van der Waals surface area contributed by atoms with Crippen LogP contribution in [0.3, 0.4) is 0 Å². The number of anilines is 1. The van der Waals surface area contributed by atoms with Crippen molar-refractivity contribution in [3.63, 3.8) is 0 Å². The van der Waals surface area contributed by atoms with E-state index in [-0.39, 0.29) is 17.2 Å². The van der Waals surface area contributed by atoms with Gasteiger partial charge in [-0.3, -0.25) is 9.52 Å². The van der Waals surface area contributed by atoms with Gasteiger partial charge in [0.2, 0.25) is 15.9 Å². The van der Waals surface area contributed by atoms with Crippen molar-refractivity contribution in [2.45, 2.75) is 30.1 Å². The lowest BCUT2D eigenvalue weighted by Crippen LogP contribution is -2.36. The van der Waals surface area contributed by atoms with Gasteiger partial charge < -0.3 is 15.3 Å². The molecule has 0 aliphatic carbocycles. The third kappa shape index (κ3) is 5.00. The van der Waals surface area contributed by atoms with Crippen LogP contribution in [0.2, 0.25) is 0 Å². The van der Waals surface area contributed by atoms with E-state index in [2.05, 4.69) is 10.0 Å². The first-order chi connectivity index (χ1) is 15.7. The number of hydrogen-bond donors (Lipinski definition) is 3. The summed E-state index contributed by atoms with van der Waals surface area (Å²) in [7, 11) is -1.95. The number of aliphatic hydroxyl groups is 1. The lowest BCUT2D eigenvalue weighted by atomic mass is 9.79. The lowest BCUT2D eigenvalue weighted by molar-refractivity contribution is -0.122. The van der Waals surface area contributed by atoms with E-state index in [1.54, 1.807) is 24.3 Å².